The highest BCUT2D eigenvalue weighted by molar-refractivity contribution is 7.92. The largest absolute Gasteiger partial charge is 0.452 e. The van der Waals surface area contributed by atoms with Crippen LogP contribution in [0.15, 0.2) is 53.4 Å². The molecule has 2 aromatic rings. The van der Waals surface area contributed by atoms with Crippen LogP contribution in [0.3, 0.4) is 0 Å². The number of esters is 1. The number of rotatable bonds is 6. The molecule has 0 saturated carbocycles. The fourth-order valence-electron chi connectivity index (χ4n) is 3.55. The number of likely N-dealkylation sites (tertiary alicyclic amines) is 1. The van der Waals surface area contributed by atoms with E-state index in [1.165, 1.54) is 31.3 Å². The molecule has 0 spiro atoms. The van der Waals surface area contributed by atoms with Crippen LogP contribution in [0.2, 0.25) is 0 Å². The van der Waals surface area contributed by atoms with Crippen LogP contribution in [0.4, 0.5) is 5.69 Å². The Balaban J connectivity index is 1.69. The number of benzene rings is 2. The lowest BCUT2D eigenvalue weighted by atomic mass is 10.0. The minimum atomic E-state index is -3.87. The van der Waals surface area contributed by atoms with E-state index in [1.807, 2.05) is 19.1 Å². The molecule has 0 radical (unpaired) electrons. The van der Waals surface area contributed by atoms with Crippen molar-refractivity contribution >= 4 is 27.6 Å². The van der Waals surface area contributed by atoms with Crippen molar-refractivity contribution in [1.82, 2.24) is 4.90 Å². The quantitative estimate of drug-likeness (QED) is 0.639. The predicted molar refractivity (Wildman–Crippen MR) is 118 cm³/mol. The molecule has 3 rings (SSSR count). The van der Waals surface area contributed by atoms with Gasteiger partial charge in [-0.15, -0.1) is 0 Å². The molecule has 1 saturated heterocycles. The molecule has 0 aromatic heterocycles. The minimum Gasteiger partial charge on any atom is -0.452 e. The zero-order valence-corrected chi connectivity index (χ0v) is 18.9. The minimum absolute atomic E-state index is 0.0267. The fourth-order valence-corrected chi connectivity index (χ4v) is 4.79. The monoisotopic (exact) mass is 444 g/mol. The van der Waals surface area contributed by atoms with Gasteiger partial charge in [0.2, 0.25) is 0 Å². The van der Waals surface area contributed by atoms with Gasteiger partial charge in [-0.25, -0.2) is 13.2 Å². The number of nitrogens with zero attached hydrogens (tertiary/aromatic N) is 2. The zero-order valence-electron chi connectivity index (χ0n) is 18.1. The van der Waals surface area contributed by atoms with E-state index in [2.05, 4.69) is 6.92 Å². The normalized spacial score (nSPS) is 16.6. The molecule has 1 heterocycles. The van der Waals surface area contributed by atoms with Gasteiger partial charge in [0, 0.05) is 20.1 Å². The highest BCUT2D eigenvalue weighted by atomic mass is 32.2. The number of amides is 1. The topological polar surface area (TPSA) is 84.0 Å². The summed E-state index contributed by atoms with van der Waals surface area (Å²) in [6.07, 6.45) is 2.02. The van der Waals surface area contributed by atoms with E-state index in [9.17, 15) is 18.0 Å². The van der Waals surface area contributed by atoms with Gasteiger partial charge in [0.1, 0.15) is 0 Å². The highest BCUT2D eigenvalue weighted by Gasteiger charge is 2.24. The molecule has 31 heavy (non-hydrogen) atoms. The van der Waals surface area contributed by atoms with Crippen molar-refractivity contribution in [3.8, 4) is 0 Å². The first kappa shape index (κ1) is 22.8. The maximum absolute atomic E-state index is 13.0. The van der Waals surface area contributed by atoms with E-state index in [-0.39, 0.29) is 23.0 Å². The van der Waals surface area contributed by atoms with E-state index in [4.69, 9.17) is 4.74 Å². The average Bonchev–Trinajstić information content (AvgIpc) is 2.77. The van der Waals surface area contributed by atoms with Gasteiger partial charge in [0.25, 0.3) is 15.9 Å². The van der Waals surface area contributed by atoms with E-state index < -0.39 is 16.0 Å². The maximum atomic E-state index is 13.0. The van der Waals surface area contributed by atoms with Crippen LogP contribution in [0.5, 0.6) is 0 Å². The molecule has 0 unspecified atom stereocenters. The van der Waals surface area contributed by atoms with Crippen LogP contribution in [0, 0.1) is 12.8 Å². The first-order valence-electron chi connectivity index (χ1n) is 10.3. The standard InChI is InChI=1S/C23H28N2O5S/c1-17-9-11-20(12-10-17)24(3)31(28,29)21-8-4-7-19(14-21)23(27)30-16-22(26)25-13-5-6-18(2)15-25/h4,7-12,14,18H,5-6,13,15-16H2,1-3H3/t18-/m1/s1. The Morgan fingerprint density at radius 3 is 2.55 bits per heavy atom. The maximum Gasteiger partial charge on any atom is 0.338 e. The number of piperidine rings is 1. The summed E-state index contributed by atoms with van der Waals surface area (Å²) in [5.74, 6) is -0.531. The molecule has 0 aliphatic carbocycles. The Kier molecular flexibility index (Phi) is 7.00. The summed E-state index contributed by atoms with van der Waals surface area (Å²) in [6, 6.07) is 12.8. The van der Waals surface area contributed by atoms with Crippen molar-refractivity contribution < 1.29 is 22.7 Å². The summed E-state index contributed by atoms with van der Waals surface area (Å²) in [4.78, 5) is 26.5. The summed E-state index contributed by atoms with van der Waals surface area (Å²) in [6.45, 7) is 4.98. The first-order chi connectivity index (χ1) is 14.7. The van der Waals surface area contributed by atoms with Gasteiger partial charge in [0.15, 0.2) is 6.61 Å². The molecule has 0 N–H and O–H groups in total. The van der Waals surface area contributed by atoms with Crippen LogP contribution >= 0.6 is 0 Å². The second kappa shape index (κ2) is 9.51. The van der Waals surface area contributed by atoms with Gasteiger partial charge in [-0.05, 0) is 56.0 Å². The third kappa shape index (κ3) is 5.44. The van der Waals surface area contributed by atoms with Crippen LogP contribution in [0.1, 0.15) is 35.7 Å². The second-order valence-corrected chi connectivity index (χ2v) is 9.97. The third-order valence-corrected chi connectivity index (χ3v) is 7.24. The van der Waals surface area contributed by atoms with E-state index in [0.717, 1.165) is 22.7 Å². The fraction of sp³-hybridized carbons (Fsp3) is 0.391. The molecule has 1 amide bonds. The van der Waals surface area contributed by atoms with Crippen molar-refractivity contribution in [3.63, 3.8) is 0 Å². The summed E-state index contributed by atoms with van der Waals surface area (Å²) >= 11 is 0. The van der Waals surface area contributed by atoms with E-state index in [0.29, 0.717) is 24.7 Å². The lowest BCUT2D eigenvalue weighted by molar-refractivity contribution is -0.136. The average molecular weight is 445 g/mol. The summed E-state index contributed by atoms with van der Waals surface area (Å²) < 4.78 is 32.3. The summed E-state index contributed by atoms with van der Waals surface area (Å²) in [7, 11) is -2.40. The molecular formula is C23H28N2O5S. The summed E-state index contributed by atoms with van der Waals surface area (Å²) in [5.41, 5.74) is 1.62. The predicted octanol–water partition coefficient (Wildman–Crippen LogP) is 3.24. The third-order valence-electron chi connectivity index (χ3n) is 5.46. The lowest BCUT2D eigenvalue weighted by Gasteiger charge is -2.30. The van der Waals surface area contributed by atoms with Crippen molar-refractivity contribution in [2.75, 3.05) is 31.0 Å². The number of carbonyl (C=O) groups excluding carboxylic acids is 2. The van der Waals surface area contributed by atoms with Gasteiger partial charge in [-0.3, -0.25) is 9.10 Å². The van der Waals surface area contributed by atoms with Gasteiger partial charge in [-0.2, -0.15) is 0 Å². The lowest BCUT2D eigenvalue weighted by Crippen LogP contribution is -2.41. The number of anilines is 1. The Bertz CT molecular complexity index is 1050. The molecule has 0 bridgehead atoms. The van der Waals surface area contributed by atoms with Crippen LogP contribution < -0.4 is 4.31 Å². The molecule has 2 aromatic carbocycles. The number of hydrogen-bond acceptors (Lipinski definition) is 5. The first-order valence-corrected chi connectivity index (χ1v) is 11.7. The van der Waals surface area contributed by atoms with Crippen LogP contribution in [0.25, 0.3) is 0 Å². The van der Waals surface area contributed by atoms with E-state index >= 15 is 0 Å². The van der Waals surface area contributed by atoms with Crippen LogP contribution in [-0.2, 0) is 19.6 Å². The molecule has 1 aliphatic heterocycles. The van der Waals surface area contributed by atoms with Gasteiger partial charge in [-0.1, -0.05) is 30.7 Å². The number of hydrogen-bond donors (Lipinski definition) is 0. The zero-order chi connectivity index (χ0) is 22.6. The molecule has 1 fully saturated rings. The molecular weight excluding hydrogens is 416 g/mol. The number of ether oxygens (including phenoxy) is 1. The molecule has 7 nitrogen and oxygen atoms in total. The molecule has 166 valence electrons. The molecule has 1 atom stereocenters. The number of sulfonamides is 1. The molecule has 1 aliphatic rings. The molecule has 8 heteroatoms. The van der Waals surface area contributed by atoms with Gasteiger partial charge < -0.3 is 9.64 Å². The van der Waals surface area contributed by atoms with Crippen molar-refractivity contribution in [3.05, 3.63) is 59.7 Å². The van der Waals surface area contributed by atoms with Gasteiger partial charge in [0.05, 0.1) is 16.1 Å². The highest BCUT2D eigenvalue weighted by Crippen LogP contribution is 2.23. The smallest absolute Gasteiger partial charge is 0.338 e. The number of aryl methyl sites for hydroxylation is 1. The second-order valence-electron chi connectivity index (χ2n) is 8.00. The van der Waals surface area contributed by atoms with Crippen molar-refractivity contribution in [1.29, 1.82) is 0 Å². The Hall–Kier alpha value is -2.87. The van der Waals surface area contributed by atoms with Crippen molar-refractivity contribution in [2.45, 2.75) is 31.6 Å². The Morgan fingerprint density at radius 2 is 1.87 bits per heavy atom. The van der Waals surface area contributed by atoms with Crippen LogP contribution in [-0.4, -0.2) is 51.9 Å². The Labute approximate surface area is 183 Å². The Morgan fingerprint density at radius 1 is 1.16 bits per heavy atom. The number of carbonyl (C=O) groups is 2. The van der Waals surface area contributed by atoms with E-state index in [1.54, 1.807) is 17.0 Å². The summed E-state index contributed by atoms with van der Waals surface area (Å²) in [5, 5.41) is 0. The van der Waals surface area contributed by atoms with Gasteiger partial charge >= 0.3 is 5.97 Å². The van der Waals surface area contributed by atoms with Crippen molar-refractivity contribution in [2.24, 2.45) is 5.92 Å². The SMILES string of the molecule is Cc1ccc(N(C)S(=O)(=O)c2cccc(C(=O)OCC(=O)N3CCC[C@@H](C)C3)c2)cc1.